The third kappa shape index (κ3) is 2.22. The van der Waals surface area contributed by atoms with E-state index in [-0.39, 0.29) is 5.56 Å². The van der Waals surface area contributed by atoms with E-state index >= 15 is 0 Å². The summed E-state index contributed by atoms with van der Waals surface area (Å²) in [5, 5.41) is 19.5. The molecule has 3 nitrogen and oxygen atoms in total. The zero-order valence-corrected chi connectivity index (χ0v) is 9.70. The number of nitrogens with zero attached hydrogens (tertiary/aromatic N) is 1. The highest BCUT2D eigenvalue weighted by molar-refractivity contribution is 5.25. The lowest BCUT2D eigenvalue weighted by Crippen LogP contribution is -2.34. The predicted molar refractivity (Wildman–Crippen MR) is 59.4 cm³/mol. The smallest absolute Gasteiger partial charge is 0.131 e. The standard InChI is InChI=1S/C13H13F2NO2/c14-9-1-2-10(11(15)7-9)12(17)13(8-16)3-5-18-6-4-13/h1-2,7,12,17H,3-6H2. The molecule has 96 valence electrons. The Morgan fingerprint density at radius 3 is 2.56 bits per heavy atom. The van der Waals surface area contributed by atoms with E-state index in [0.717, 1.165) is 6.07 Å². The number of aliphatic hydroxyl groups is 1. The van der Waals surface area contributed by atoms with Crippen LogP contribution in [0.4, 0.5) is 8.78 Å². The number of halogens is 2. The van der Waals surface area contributed by atoms with Gasteiger partial charge >= 0.3 is 0 Å². The van der Waals surface area contributed by atoms with Crippen molar-refractivity contribution in [3.8, 4) is 6.07 Å². The lowest BCUT2D eigenvalue weighted by molar-refractivity contribution is -0.0323. The molecule has 0 amide bonds. The molecule has 1 aliphatic heterocycles. The Balaban J connectivity index is 2.34. The average molecular weight is 253 g/mol. The fourth-order valence-electron chi connectivity index (χ4n) is 2.20. The summed E-state index contributed by atoms with van der Waals surface area (Å²) in [4.78, 5) is 0. The normalized spacial score (nSPS) is 20.1. The molecule has 1 aliphatic rings. The number of hydrogen-bond acceptors (Lipinski definition) is 3. The van der Waals surface area contributed by atoms with Gasteiger partial charge in [0.2, 0.25) is 0 Å². The van der Waals surface area contributed by atoms with Crippen LogP contribution in [0.15, 0.2) is 18.2 Å². The van der Waals surface area contributed by atoms with Gasteiger partial charge in [-0.1, -0.05) is 6.07 Å². The Morgan fingerprint density at radius 2 is 2.00 bits per heavy atom. The summed E-state index contributed by atoms with van der Waals surface area (Å²) in [6.45, 7) is 0.709. The second-order valence-corrected chi connectivity index (χ2v) is 4.45. The minimum Gasteiger partial charge on any atom is -0.387 e. The van der Waals surface area contributed by atoms with Crippen molar-refractivity contribution >= 4 is 0 Å². The van der Waals surface area contributed by atoms with Crippen molar-refractivity contribution in [1.29, 1.82) is 5.26 Å². The van der Waals surface area contributed by atoms with Crippen LogP contribution in [-0.2, 0) is 4.74 Å². The van der Waals surface area contributed by atoms with Gasteiger partial charge in [0, 0.05) is 24.8 Å². The van der Waals surface area contributed by atoms with Crippen LogP contribution in [0.5, 0.6) is 0 Å². The van der Waals surface area contributed by atoms with Crippen molar-refractivity contribution in [2.24, 2.45) is 5.41 Å². The van der Waals surface area contributed by atoms with Crippen LogP contribution in [0.1, 0.15) is 24.5 Å². The van der Waals surface area contributed by atoms with Gasteiger partial charge in [0.15, 0.2) is 0 Å². The molecular weight excluding hydrogens is 240 g/mol. The Kier molecular flexibility index (Phi) is 3.60. The van der Waals surface area contributed by atoms with Gasteiger partial charge in [0.25, 0.3) is 0 Å². The number of aliphatic hydroxyl groups excluding tert-OH is 1. The fourth-order valence-corrected chi connectivity index (χ4v) is 2.20. The molecule has 1 aromatic carbocycles. The van der Waals surface area contributed by atoms with Gasteiger partial charge in [-0.15, -0.1) is 0 Å². The van der Waals surface area contributed by atoms with E-state index in [2.05, 4.69) is 6.07 Å². The Hall–Kier alpha value is -1.51. The monoisotopic (exact) mass is 253 g/mol. The zero-order valence-electron chi connectivity index (χ0n) is 9.70. The number of benzene rings is 1. The summed E-state index contributed by atoms with van der Waals surface area (Å²) < 4.78 is 31.6. The maximum Gasteiger partial charge on any atom is 0.131 e. The largest absolute Gasteiger partial charge is 0.387 e. The maximum absolute atomic E-state index is 13.6. The molecule has 0 aliphatic carbocycles. The number of nitriles is 1. The summed E-state index contributed by atoms with van der Waals surface area (Å²) in [6.07, 6.45) is -0.602. The van der Waals surface area contributed by atoms with E-state index in [0.29, 0.717) is 32.1 Å². The van der Waals surface area contributed by atoms with Crippen LogP contribution in [0.25, 0.3) is 0 Å². The van der Waals surface area contributed by atoms with Crippen LogP contribution >= 0.6 is 0 Å². The molecule has 1 saturated heterocycles. The van der Waals surface area contributed by atoms with Gasteiger partial charge in [-0.3, -0.25) is 0 Å². The highest BCUT2D eigenvalue weighted by Gasteiger charge is 2.41. The highest BCUT2D eigenvalue weighted by Crippen LogP contribution is 2.42. The zero-order chi connectivity index (χ0) is 13.2. The molecule has 18 heavy (non-hydrogen) atoms. The summed E-state index contributed by atoms with van der Waals surface area (Å²) in [6, 6.07) is 5.04. The van der Waals surface area contributed by atoms with Crippen molar-refractivity contribution in [2.45, 2.75) is 18.9 Å². The summed E-state index contributed by atoms with van der Waals surface area (Å²) >= 11 is 0. The Bertz CT molecular complexity index is 478. The van der Waals surface area contributed by atoms with Gasteiger partial charge < -0.3 is 9.84 Å². The molecule has 1 heterocycles. The molecule has 1 aromatic rings. The van der Waals surface area contributed by atoms with Gasteiger partial charge in [-0.2, -0.15) is 5.26 Å². The molecule has 1 atom stereocenters. The van der Waals surface area contributed by atoms with Crippen LogP contribution < -0.4 is 0 Å². The molecule has 1 N–H and O–H groups in total. The molecule has 5 heteroatoms. The molecule has 0 aromatic heterocycles. The van der Waals surface area contributed by atoms with Crippen LogP contribution in [0, 0.1) is 28.4 Å². The van der Waals surface area contributed by atoms with Gasteiger partial charge in [0.05, 0.1) is 11.5 Å². The van der Waals surface area contributed by atoms with Gasteiger partial charge in [-0.25, -0.2) is 8.78 Å². The Morgan fingerprint density at radius 1 is 1.33 bits per heavy atom. The van der Waals surface area contributed by atoms with E-state index in [4.69, 9.17) is 4.74 Å². The number of rotatable bonds is 2. The van der Waals surface area contributed by atoms with E-state index in [1.807, 2.05) is 0 Å². The third-order valence-corrected chi connectivity index (χ3v) is 3.39. The molecule has 2 rings (SSSR count). The first-order valence-corrected chi connectivity index (χ1v) is 5.71. The van der Waals surface area contributed by atoms with E-state index in [1.54, 1.807) is 0 Å². The summed E-state index contributed by atoms with van der Waals surface area (Å²) in [5.74, 6) is -1.54. The minimum absolute atomic E-state index is 0.0418. The third-order valence-electron chi connectivity index (χ3n) is 3.39. The van der Waals surface area contributed by atoms with E-state index < -0.39 is 23.2 Å². The first-order valence-electron chi connectivity index (χ1n) is 5.71. The fraction of sp³-hybridized carbons (Fsp3) is 0.462. The molecule has 1 fully saturated rings. The minimum atomic E-state index is -1.27. The summed E-state index contributed by atoms with van der Waals surface area (Å²) in [7, 11) is 0. The first kappa shape index (κ1) is 12.9. The summed E-state index contributed by atoms with van der Waals surface area (Å²) in [5.41, 5.74) is -1.10. The van der Waals surface area contributed by atoms with Gasteiger partial charge in [0.1, 0.15) is 17.7 Å². The SMILES string of the molecule is N#CC1(C(O)c2ccc(F)cc2F)CCOCC1. The quantitative estimate of drug-likeness (QED) is 0.880. The van der Waals surface area contributed by atoms with Gasteiger partial charge in [-0.05, 0) is 18.9 Å². The number of hydrogen-bond donors (Lipinski definition) is 1. The van der Waals surface area contributed by atoms with Crippen molar-refractivity contribution in [3.05, 3.63) is 35.4 Å². The van der Waals surface area contributed by atoms with E-state index in [9.17, 15) is 19.1 Å². The second kappa shape index (κ2) is 5.01. The Labute approximate surface area is 104 Å². The molecule has 1 unspecified atom stereocenters. The van der Waals surface area contributed by atoms with Crippen molar-refractivity contribution in [1.82, 2.24) is 0 Å². The molecule has 0 radical (unpaired) electrons. The lowest BCUT2D eigenvalue weighted by atomic mass is 9.74. The van der Waals surface area contributed by atoms with Crippen LogP contribution in [-0.4, -0.2) is 18.3 Å². The highest BCUT2D eigenvalue weighted by atomic mass is 19.1. The maximum atomic E-state index is 13.6. The van der Waals surface area contributed by atoms with Crippen molar-refractivity contribution < 1.29 is 18.6 Å². The van der Waals surface area contributed by atoms with Crippen molar-refractivity contribution in [3.63, 3.8) is 0 Å². The van der Waals surface area contributed by atoms with Crippen LogP contribution in [0.2, 0.25) is 0 Å². The molecule has 0 saturated carbocycles. The van der Waals surface area contributed by atoms with E-state index in [1.165, 1.54) is 6.07 Å². The molecule has 0 spiro atoms. The average Bonchev–Trinajstić information content (AvgIpc) is 2.39. The predicted octanol–water partition coefficient (Wildman–Crippen LogP) is 2.32. The lowest BCUT2D eigenvalue weighted by Gasteiger charge is -2.35. The first-order chi connectivity index (χ1) is 8.59. The van der Waals surface area contributed by atoms with Crippen molar-refractivity contribution in [2.75, 3.05) is 13.2 Å². The topological polar surface area (TPSA) is 53.2 Å². The van der Waals surface area contributed by atoms with Crippen LogP contribution in [0.3, 0.4) is 0 Å². The number of ether oxygens (including phenoxy) is 1. The molecule has 0 bridgehead atoms. The second-order valence-electron chi connectivity index (χ2n) is 4.45. The molecular formula is C13H13F2NO2.